The Morgan fingerprint density at radius 3 is 2.36 bits per heavy atom. The smallest absolute Gasteiger partial charge is 0.255 e. The predicted molar refractivity (Wildman–Crippen MR) is 88.5 cm³/mol. The molecule has 0 bridgehead atoms. The van der Waals surface area contributed by atoms with Crippen molar-refractivity contribution in [3.05, 3.63) is 33.8 Å². The molecule has 8 heteroatoms. The second-order valence-electron chi connectivity index (χ2n) is 5.39. The van der Waals surface area contributed by atoms with Crippen molar-refractivity contribution in [1.29, 1.82) is 0 Å². The molecular weight excluding hydrogens is 347 g/mol. The molecule has 0 unspecified atom stereocenters. The molecular formula is C14H18Cl2N2O3S. The van der Waals surface area contributed by atoms with Crippen LogP contribution in [0.15, 0.2) is 18.2 Å². The quantitative estimate of drug-likeness (QED) is 0.817. The van der Waals surface area contributed by atoms with Crippen LogP contribution in [0.25, 0.3) is 0 Å². The average Bonchev–Trinajstić information content (AvgIpc) is 2.44. The van der Waals surface area contributed by atoms with Gasteiger partial charge in [-0.25, -0.2) is 8.42 Å². The minimum atomic E-state index is -2.96. The van der Waals surface area contributed by atoms with Crippen LogP contribution in [0.2, 0.25) is 10.0 Å². The topological polar surface area (TPSA) is 57.7 Å². The second-order valence-corrected chi connectivity index (χ2v) is 8.49. The molecule has 0 aliphatic carbocycles. The van der Waals surface area contributed by atoms with E-state index in [1.54, 1.807) is 23.1 Å². The molecule has 1 aromatic carbocycles. The number of hydrogen-bond acceptors (Lipinski definition) is 4. The number of carbonyl (C=O) groups excluding carboxylic acids is 1. The van der Waals surface area contributed by atoms with Crippen LogP contribution in [-0.2, 0) is 9.84 Å². The molecule has 0 saturated carbocycles. The Hall–Kier alpha value is -0.820. The van der Waals surface area contributed by atoms with Crippen LogP contribution >= 0.6 is 23.2 Å². The van der Waals surface area contributed by atoms with E-state index in [0.29, 0.717) is 48.3 Å². The molecule has 22 heavy (non-hydrogen) atoms. The van der Waals surface area contributed by atoms with E-state index in [4.69, 9.17) is 23.2 Å². The maximum atomic E-state index is 12.4. The third-order valence-corrected chi connectivity index (χ3v) is 5.07. The molecule has 0 aromatic heterocycles. The number of hydrogen-bond donors (Lipinski definition) is 0. The largest absolute Gasteiger partial charge is 0.336 e. The Balaban J connectivity index is 1.92. The van der Waals surface area contributed by atoms with Gasteiger partial charge in [0, 0.05) is 44.0 Å². The Bertz CT molecular complexity index is 656. The number of halogens is 2. The molecule has 1 amide bonds. The third kappa shape index (κ3) is 4.84. The van der Waals surface area contributed by atoms with Gasteiger partial charge in [0.05, 0.1) is 16.3 Å². The summed E-state index contributed by atoms with van der Waals surface area (Å²) in [5, 5.41) is 0.837. The molecule has 0 radical (unpaired) electrons. The zero-order chi connectivity index (χ0) is 16.3. The van der Waals surface area contributed by atoms with Gasteiger partial charge >= 0.3 is 0 Å². The fraction of sp³-hybridized carbons (Fsp3) is 0.500. The second kappa shape index (κ2) is 7.17. The van der Waals surface area contributed by atoms with Gasteiger partial charge in [0.1, 0.15) is 9.84 Å². The molecule has 1 heterocycles. The number of sulfone groups is 1. The summed E-state index contributed by atoms with van der Waals surface area (Å²) < 4.78 is 22.4. The van der Waals surface area contributed by atoms with Crippen molar-refractivity contribution in [2.75, 3.05) is 44.7 Å². The summed E-state index contributed by atoms with van der Waals surface area (Å²) in [6.07, 6.45) is 1.23. The number of nitrogens with zero attached hydrogens (tertiary/aromatic N) is 2. The minimum Gasteiger partial charge on any atom is -0.336 e. The van der Waals surface area contributed by atoms with Gasteiger partial charge in [-0.2, -0.15) is 0 Å². The fourth-order valence-electron chi connectivity index (χ4n) is 2.30. The van der Waals surface area contributed by atoms with Crippen molar-refractivity contribution in [1.82, 2.24) is 9.80 Å². The molecule has 0 atom stereocenters. The highest BCUT2D eigenvalue weighted by Crippen LogP contribution is 2.22. The molecule has 2 rings (SSSR count). The lowest BCUT2D eigenvalue weighted by Gasteiger charge is -2.34. The lowest BCUT2D eigenvalue weighted by Crippen LogP contribution is -2.49. The van der Waals surface area contributed by atoms with Gasteiger partial charge in [-0.3, -0.25) is 9.69 Å². The van der Waals surface area contributed by atoms with Crippen LogP contribution in [0.3, 0.4) is 0 Å². The highest BCUT2D eigenvalue weighted by Gasteiger charge is 2.24. The molecule has 1 aliphatic heterocycles. The normalized spacial score (nSPS) is 16.8. The summed E-state index contributed by atoms with van der Waals surface area (Å²) in [4.78, 5) is 16.2. The number of amides is 1. The SMILES string of the molecule is CS(=O)(=O)CCN1CCN(C(=O)c2ccc(Cl)cc2Cl)CC1. The molecule has 0 spiro atoms. The van der Waals surface area contributed by atoms with Crippen LogP contribution < -0.4 is 0 Å². The summed E-state index contributed by atoms with van der Waals surface area (Å²) in [6, 6.07) is 4.82. The molecule has 1 aliphatic rings. The zero-order valence-electron chi connectivity index (χ0n) is 12.3. The van der Waals surface area contributed by atoms with Gasteiger partial charge in [-0.15, -0.1) is 0 Å². The van der Waals surface area contributed by atoms with Crippen LogP contribution in [0.4, 0.5) is 0 Å². The van der Waals surface area contributed by atoms with Crippen LogP contribution in [0.5, 0.6) is 0 Å². The summed E-state index contributed by atoms with van der Waals surface area (Å²) in [7, 11) is -2.96. The van der Waals surface area contributed by atoms with Crippen molar-refractivity contribution < 1.29 is 13.2 Å². The van der Waals surface area contributed by atoms with E-state index in [1.807, 2.05) is 4.90 Å². The van der Waals surface area contributed by atoms with Crippen molar-refractivity contribution in [2.45, 2.75) is 0 Å². The van der Waals surface area contributed by atoms with Crippen molar-refractivity contribution in [3.63, 3.8) is 0 Å². The van der Waals surface area contributed by atoms with Gasteiger partial charge in [-0.05, 0) is 18.2 Å². The first kappa shape index (κ1) is 17.5. The lowest BCUT2D eigenvalue weighted by molar-refractivity contribution is 0.0644. The van der Waals surface area contributed by atoms with Gasteiger partial charge in [0.15, 0.2) is 0 Å². The maximum absolute atomic E-state index is 12.4. The maximum Gasteiger partial charge on any atom is 0.255 e. The zero-order valence-corrected chi connectivity index (χ0v) is 14.6. The van der Waals surface area contributed by atoms with Gasteiger partial charge < -0.3 is 4.90 Å². The monoisotopic (exact) mass is 364 g/mol. The predicted octanol–water partition coefficient (Wildman–Crippen LogP) is 1.80. The number of benzene rings is 1. The van der Waals surface area contributed by atoms with Crippen LogP contribution in [-0.4, -0.2) is 68.9 Å². The Morgan fingerprint density at radius 1 is 1.18 bits per heavy atom. The van der Waals surface area contributed by atoms with E-state index in [0.717, 1.165) is 0 Å². The van der Waals surface area contributed by atoms with E-state index < -0.39 is 9.84 Å². The summed E-state index contributed by atoms with van der Waals surface area (Å²) >= 11 is 11.9. The van der Waals surface area contributed by atoms with Crippen LogP contribution in [0.1, 0.15) is 10.4 Å². The van der Waals surface area contributed by atoms with E-state index in [-0.39, 0.29) is 11.7 Å². The first-order valence-corrected chi connectivity index (χ1v) is 9.72. The summed E-state index contributed by atoms with van der Waals surface area (Å²) in [5.41, 5.74) is 0.440. The van der Waals surface area contributed by atoms with Crippen molar-refractivity contribution >= 4 is 38.9 Å². The Morgan fingerprint density at radius 2 is 1.82 bits per heavy atom. The van der Waals surface area contributed by atoms with Crippen molar-refractivity contribution in [2.24, 2.45) is 0 Å². The third-order valence-electron chi connectivity index (χ3n) is 3.60. The Kier molecular flexibility index (Phi) is 5.71. The molecule has 122 valence electrons. The number of rotatable bonds is 4. The van der Waals surface area contributed by atoms with Gasteiger partial charge in [0.25, 0.3) is 5.91 Å². The first-order chi connectivity index (χ1) is 10.3. The lowest BCUT2D eigenvalue weighted by atomic mass is 10.2. The van der Waals surface area contributed by atoms with Crippen molar-refractivity contribution in [3.8, 4) is 0 Å². The minimum absolute atomic E-state index is 0.121. The highest BCUT2D eigenvalue weighted by atomic mass is 35.5. The fourth-order valence-corrected chi connectivity index (χ4v) is 3.38. The van der Waals surface area contributed by atoms with Crippen LogP contribution in [0, 0.1) is 0 Å². The molecule has 1 saturated heterocycles. The molecule has 1 aromatic rings. The Labute approximate surface area is 140 Å². The van der Waals surface area contributed by atoms with E-state index >= 15 is 0 Å². The highest BCUT2D eigenvalue weighted by molar-refractivity contribution is 7.90. The summed E-state index contributed by atoms with van der Waals surface area (Å²) in [5.74, 6) is 0.0219. The average molecular weight is 365 g/mol. The number of carbonyl (C=O) groups is 1. The first-order valence-electron chi connectivity index (χ1n) is 6.91. The van der Waals surface area contributed by atoms with Gasteiger partial charge in [0.2, 0.25) is 0 Å². The molecule has 0 N–H and O–H groups in total. The molecule has 1 fully saturated rings. The van der Waals surface area contributed by atoms with E-state index in [2.05, 4.69) is 0 Å². The number of piperazine rings is 1. The summed E-state index contributed by atoms with van der Waals surface area (Å²) in [6.45, 7) is 2.94. The van der Waals surface area contributed by atoms with E-state index in [9.17, 15) is 13.2 Å². The standard InChI is InChI=1S/C14H18Cl2N2O3S/c1-22(20,21)9-8-17-4-6-18(7-5-17)14(19)12-3-2-11(15)10-13(12)16/h2-3,10H,4-9H2,1H3. The van der Waals surface area contributed by atoms with E-state index in [1.165, 1.54) is 6.26 Å². The van der Waals surface area contributed by atoms with Gasteiger partial charge in [-0.1, -0.05) is 23.2 Å². The molecule has 5 nitrogen and oxygen atoms in total.